The number of hydrogen-bond donors (Lipinski definition) is 0. The molecule has 8 heteroatoms. The van der Waals surface area contributed by atoms with E-state index in [2.05, 4.69) is 11.0 Å². The number of carbonyl (C=O) groups is 2. The number of rotatable bonds is 2. The van der Waals surface area contributed by atoms with Crippen LogP contribution in [0.5, 0.6) is 0 Å². The van der Waals surface area contributed by atoms with Crippen LogP contribution in [0.15, 0.2) is 22.8 Å². The minimum Gasteiger partial charge on any atom is -0.463 e. The molecule has 2 saturated heterocycles. The third kappa shape index (κ3) is 3.62. The molecule has 0 saturated carbocycles. The normalized spacial score (nSPS) is 18.4. The highest BCUT2D eigenvalue weighted by Gasteiger charge is 2.33. The number of pyridine rings is 1. The Bertz CT molecular complexity index is 1060. The number of furan rings is 1. The Morgan fingerprint density at radius 2 is 1.56 bits per heavy atom. The number of hydrogen-bond acceptors (Lipinski definition) is 6. The Labute approximate surface area is 187 Å². The highest BCUT2D eigenvalue weighted by Crippen LogP contribution is 2.37. The van der Waals surface area contributed by atoms with Gasteiger partial charge in [0.1, 0.15) is 17.6 Å². The molecule has 0 aromatic carbocycles. The molecule has 2 aromatic heterocycles. The second-order valence-corrected chi connectivity index (χ2v) is 8.69. The maximum atomic E-state index is 12.7. The van der Waals surface area contributed by atoms with Crippen molar-refractivity contribution in [2.75, 3.05) is 44.2 Å². The lowest BCUT2D eigenvalue weighted by Gasteiger charge is -2.36. The van der Waals surface area contributed by atoms with Gasteiger partial charge >= 0.3 is 11.8 Å². The molecule has 2 amide bonds. The predicted molar refractivity (Wildman–Crippen MR) is 118 cm³/mol. The quantitative estimate of drug-likeness (QED) is 0.675. The number of anilines is 1. The summed E-state index contributed by atoms with van der Waals surface area (Å²) in [6.07, 6.45) is 7.48. The zero-order valence-electron chi connectivity index (χ0n) is 18.2. The molecule has 1 aliphatic carbocycles. The topological polar surface area (TPSA) is 93.7 Å². The fourth-order valence-corrected chi connectivity index (χ4v) is 5.08. The van der Waals surface area contributed by atoms with Crippen LogP contribution in [0.1, 0.15) is 42.4 Å². The monoisotopic (exact) mass is 433 g/mol. The first kappa shape index (κ1) is 20.6. The highest BCUT2D eigenvalue weighted by molar-refractivity contribution is 6.35. The average molecular weight is 434 g/mol. The van der Waals surface area contributed by atoms with Gasteiger partial charge in [-0.25, -0.2) is 4.98 Å². The Morgan fingerprint density at radius 1 is 0.906 bits per heavy atom. The molecule has 0 radical (unpaired) electrons. The largest absolute Gasteiger partial charge is 0.463 e. The van der Waals surface area contributed by atoms with Crippen LogP contribution in [0.2, 0.25) is 0 Å². The lowest BCUT2D eigenvalue weighted by atomic mass is 9.87. The van der Waals surface area contributed by atoms with E-state index >= 15 is 0 Å². The van der Waals surface area contributed by atoms with E-state index in [9.17, 15) is 14.9 Å². The van der Waals surface area contributed by atoms with Crippen molar-refractivity contribution in [2.45, 2.75) is 38.5 Å². The van der Waals surface area contributed by atoms with E-state index < -0.39 is 5.91 Å². The first-order chi connectivity index (χ1) is 15.7. The van der Waals surface area contributed by atoms with Gasteiger partial charge in [0.05, 0.1) is 11.8 Å². The third-order valence-electron chi connectivity index (χ3n) is 6.81. The van der Waals surface area contributed by atoms with Gasteiger partial charge in [-0.1, -0.05) is 0 Å². The summed E-state index contributed by atoms with van der Waals surface area (Å²) in [5.74, 6) is 0.582. The van der Waals surface area contributed by atoms with E-state index in [1.807, 2.05) is 12.1 Å². The summed E-state index contributed by atoms with van der Waals surface area (Å²) in [6.45, 7) is 3.31. The molecule has 5 rings (SSSR count). The molecule has 32 heavy (non-hydrogen) atoms. The molecule has 3 aliphatic rings. The Morgan fingerprint density at radius 3 is 2.19 bits per heavy atom. The van der Waals surface area contributed by atoms with Gasteiger partial charge in [0.2, 0.25) is 0 Å². The van der Waals surface area contributed by atoms with Crippen LogP contribution < -0.4 is 4.90 Å². The lowest BCUT2D eigenvalue weighted by molar-refractivity contribution is -0.151. The molecule has 166 valence electrons. The van der Waals surface area contributed by atoms with Gasteiger partial charge < -0.3 is 19.1 Å². The molecular formula is C24H27N5O3. The summed E-state index contributed by atoms with van der Waals surface area (Å²) >= 11 is 0. The lowest BCUT2D eigenvalue weighted by Crippen LogP contribution is -2.53. The van der Waals surface area contributed by atoms with Gasteiger partial charge in [-0.2, -0.15) is 5.26 Å². The second kappa shape index (κ2) is 8.65. The Hall–Kier alpha value is -3.34. The van der Waals surface area contributed by atoms with E-state index in [0.29, 0.717) is 50.6 Å². The maximum absolute atomic E-state index is 12.7. The minimum absolute atomic E-state index is 0.388. The highest BCUT2D eigenvalue weighted by atomic mass is 16.3. The van der Waals surface area contributed by atoms with Crippen LogP contribution in [-0.2, 0) is 22.4 Å². The van der Waals surface area contributed by atoms with Crippen molar-refractivity contribution in [3.63, 3.8) is 0 Å². The molecule has 0 atom stereocenters. The Kier molecular flexibility index (Phi) is 5.56. The van der Waals surface area contributed by atoms with Crippen molar-refractivity contribution in [3.8, 4) is 17.5 Å². The van der Waals surface area contributed by atoms with Crippen molar-refractivity contribution >= 4 is 17.6 Å². The maximum Gasteiger partial charge on any atom is 0.312 e. The second-order valence-electron chi connectivity index (χ2n) is 8.69. The number of nitriles is 1. The molecular weight excluding hydrogens is 406 g/mol. The standard InChI is InChI=1S/C24H27N5O3/c25-16-19-17-6-1-2-7-18(17)21(20-8-5-15-32-20)26-22(19)27-11-13-29(14-12-27)24(31)23(30)28-9-3-4-10-28/h5,8,15H,1-4,6-7,9-14H2. The number of fused-ring (bicyclic) bond motifs is 1. The zero-order valence-corrected chi connectivity index (χ0v) is 18.2. The van der Waals surface area contributed by atoms with Gasteiger partial charge in [0.25, 0.3) is 0 Å². The molecule has 0 bridgehead atoms. The fraction of sp³-hybridized carbons (Fsp3) is 0.500. The van der Waals surface area contributed by atoms with Gasteiger partial charge in [-0.3, -0.25) is 9.59 Å². The molecule has 0 spiro atoms. The van der Waals surface area contributed by atoms with Crippen molar-refractivity contribution < 1.29 is 14.0 Å². The molecule has 4 heterocycles. The summed E-state index contributed by atoms with van der Waals surface area (Å²) in [6, 6.07) is 6.17. The summed E-state index contributed by atoms with van der Waals surface area (Å²) in [5.41, 5.74) is 3.67. The number of likely N-dealkylation sites (tertiary alicyclic amines) is 1. The van der Waals surface area contributed by atoms with Crippen LogP contribution >= 0.6 is 0 Å². The first-order valence-electron chi connectivity index (χ1n) is 11.5. The molecule has 8 nitrogen and oxygen atoms in total. The number of carbonyl (C=O) groups excluding carboxylic acids is 2. The summed E-state index contributed by atoms with van der Waals surface area (Å²) in [4.78, 5) is 35.5. The van der Waals surface area contributed by atoms with Crippen molar-refractivity contribution in [2.24, 2.45) is 0 Å². The predicted octanol–water partition coefficient (Wildman–Crippen LogP) is 2.36. The van der Waals surface area contributed by atoms with Crippen LogP contribution in [0.3, 0.4) is 0 Å². The van der Waals surface area contributed by atoms with Crippen molar-refractivity contribution in [3.05, 3.63) is 35.1 Å². The third-order valence-corrected chi connectivity index (χ3v) is 6.81. The summed E-state index contributed by atoms with van der Waals surface area (Å²) in [7, 11) is 0. The first-order valence-corrected chi connectivity index (χ1v) is 11.5. The van der Waals surface area contributed by atoms with E-state index in [-0.39, 0.29) is 5.91 Å². The number of amides is 2. The van der Waals surface area contributed by atoms with E-state index in [1.54, 1.807) is 16.1 Å². The molecule has 0 unspecified atom stereocenters. The van der Waals surface area contributed by atoms with E-state index in [1.165, 1.54) is 0 Å². The van der Waals surface area contributed by atoms with Crippen molar-refractivity contribution in [1.29, 1.82) is 5.26 Å². The van der Waals surface area contributed by atoms with Crippen molar-refractivity contribution in [1.82, 2.24) is 14.8 Å². The number of piperazine rings is 1. The molecule has 0 N–H and O–H groups in total. The van der Waals surface area contributed by atoms with Gasteiger partial charge in [0, 0.05) is 39.3 Å². The van der Waals surface area contributed by atoms with Crippen LogP contribution in [-0.4, -0.2) is 65.9 Å². The SMILES string of the molecule is N#Cc1c(N2CCN(C(=O)C(=O)N3CCCC3)CC2)nc(-c2ccco2)c2c1CCCC2. The van der Waals surface area contributed by atoms with Gasteiger partial charge in [0.15, 0.2) is 5.76 Å². The van der Waals surface area contributed by atoms with Crippen LogP contribution in [0.25, 0.3) is 11.5 Å². The summed E-state index contributed by atoms with van der Waals surface area (Å²) in [5, 5.41) is 10.0. The molecule has 2 aromatic rings. The fourth-order valence-electron chi connectivity index (χ4n) is 5.08. The van der Waals surface area contributed by atoms with Gasteiger partial charge in [-0.05, 0) is 61.8 Å². The minimum atomic E-state index is -0.415. The zero-order chi connectivity index (χ0) is 22.1. The Balaban J connectivity index is 1.40. The molecule has 2 aliphatic heterocycles. The van der Waals surface area contributed by atoms with E-state index in [0.717, 1.165) is 61.1 Å². The number of nitrogens with zero attached hydrogens (tertiary/aromatic N) is 5. The summed E-state index contributed by atoms with van der Waals surface area (Å²) < 4.78 is 5.67. The van der Waals surface area contributed by atoms with E-state index in [4.69, 9.17) is 9.40 Å². The van der Waals surface area contributed by atoms with Crippen LogP contribution in [0.4, 0.5) is 5.82 Å². The number of aromatic nitrogens is 1. The average Bonchev–Trinajstić information content (AvgIpc) is 3.57. The van der Waals surface area contributed by atoms with Crippen LogP contribution in [0, 0.1) is 11.3 Å². The van der Waals surface area contributed by atoms with Gasteiger partial charge in [-0.15, -0.1) is 0 Å². The molecule has 2 fully saturated rings. The smallest absolute Gasteiger partial charge is 0.312 e.